The fourth-order valence-electron chi connectivity index (χ4n) is 3.16. The Hall–Kier alpha value is -3.36. The van der Waals surface area contributed by atoms with E-state index in [0.29, 0.717) is 20.7 Å². The van der Waals surface area contributed by atoms with Gasteiger partial charge >= 0.3 is 0 Å². The van der Waals surface area contributed by atoms with Crippen molar-refractivity contribution >= 4 is 51.0 Å². The van der Waals surface area contributed by atoms with Crippen LogP contribution in [0, 0.1) is 6.92 Å². The summed E-state index contributed by atoms with van der Waals surface area (Å²) >= 11 is 7.49. The van der Waals surface area contributed by atoms with Gasteiger partial charge in [0.1, 0.15) is 10.7 Å². The van der Waals surface area contributed by atoms with Gasteiger partial charge in [0, 0.05) is 36.7 Å². The van der Waals surface area contributed by atoms with Crippen molar-refractivity contribution in [3.8, 4) is 0 Å². The predicted molar refractivity (Wildman–Crippen MR) is 131 cm³/mol. The topological polar surface area (TPSA) is 94.7 Å². The van der Waals surface area contributed by atoms with Crippen LogP contribution < -0.4 is 16.0 Å². The summed E-state index contributed by atoms with van der Waals surface area (Å²) in [4.78, 5) is 24.8. The zero-order valence-corrected chi connectivity index (χ0v) is 19.1. The molecule has 0 saturated carbocycles. The maximum Gasteiger partial charge on any atom is 0.267 e. The predicted octanol–water partition coefficient (Wildman–Crippen LogP) is 5.87. The van der Waals surface area contributed by atoms with Gasteiger partial charge in [0.25, 0.3) is 5.91 Å². The van der Waals surface area contributed by atoms with Gasteiger partial charge < -0.3 is 20.9 Å². The minimum absolute atomic E-state index is 0.237. The van der Waals surface area contributed by atoms with Crippen LogP contribution in [-0.2, 0) is 6.42 Å². The number of para-hydroxylation sites is 1. The highest BCUT2D eigenvalue weighted by molar-refractivity contribution is 7.17. The van der Waals surface area contributed by atoms with Crippen LogP contribution in [0.4, 0.5) is 22.2 Å². The smallest absolute Gasteiger partial charge is 0.267 e. The maximum absolute atomic E-state index is 12.6. The summed E-state index contributed by atoms with van der Waals surface area (Å²) in [6.45, 7) is 2.74. The number of rotatable bonds is 9. The monoisotopic (exact) mass is 466 g/mol. The van der Waals surface area contributed by atoms with Crippen LogP contribution in [0.1, 0.15) is 27.5 Å². The van der Waals surface area contributed by atoms with E-state index in [2.05, 4.69) is 30.9 Å². The number of aromatic nitrogens is 3. The SMILES string of the molecule is Cc1cccc(Cl)c1NC(=O)c1cnc(Nc2cccc(NCCCc3ncc[nH]3)c2)s1. The first-order chi connectivity index (χ1) is 15.6. The van der Waals surface area contributed by atoms with Crippen molar-refractivity contribution in [3.05, 3.63) is 82.3 Å². The molecule has 0 fully saturated rings. The van der Waals surface area contributed by atoms with Crippen molar-refractivity contribution in [2.45, 2.75) is 19.8 Å². The highest BCUT2D eigenvalue weighted by Gasteiger charge is 2.14. The number of thiazole rings is 1. The van der Waals surface area contributed by atoms with Crippen molar-refractivity contribution in [1.82, 2.24) is 15.0 Å². The third-order valence-electron chi connectivity index (χ3n) is 4.78. The second-order valence-corrected chi connectivity index (χ2v) is 8.63. The molecule has 0 aliphatic heterocycles. The van der Waals surface area contributed by atoms with E-state index in [0.717, 1.165) is 42.1 Å². The zero-order valence-electron chi connectivity index (χ0n) is 17.5. The molecule has 2 aromatic carbocycles. The van der Waals surface area contributed by atoms with Gasteiger partial charge in [-0.15, -0.1) is 0 Å². The van der Waals surface area contributed by atoms with Crippen LogP contribution in [0.5, 0.6) is 0 Å². The molecule has 164 valence electrons. The van der Waals surface area contributed by atoms with Crippen LogP contribution in [0.3, 0.4) is 0 Å². The van der Waals surface area contributed by atoms with Gasteiger partial charge in [-0.2, -0.15) is 0 Å². The van der Waals surface area contributed by atoms with Crippen LogP contribution in [-0.4, -0.2) is 27.4 Å². The molecule has 4 rings (SSSR count). The number of carbonyl (C=O) groups is 1. The van der Waals surface area contributed by atoms with Crippen molar-refractivity contribution < 1.29 is 4.79 Å². The molecule has 0 saturated heterocycles. The van der Waals surface area contributed by atoms with Crippen molar-refractivity contribution in [2.24, 2.45) is 0 Å². The number of imidazole rings is 1. The molecule has 0 bridgehead atoms. The molecule has 9 heteroatoms. The third-order valence-corrected chi connectivity index (χ3v) is 6.00. The number of halogens is 1. The Balaban J connectivity index is 1.33. The third kappa shape index (κ3) is 5.66. The summed E-state index contributed by atoms with van der Waals surface area (Å²) < 4.78 is 0. The highest BCUT2D eigenvalue weighted by atomic mass is 35.5. The molecular formula is C23H23ClN6OS. The second kappa shape index (κ2) is 10.3. The Bertz CT molecular complexity index is 1170. The molecular weight excluding hydrogens is 444 g/mol. The van der Waals surface area contributed by atoms with Gasteiger partial charge in [-0.1, -0.05) is 41.1 Å². The second-order valence-electron chi connectivity index (χ2n) is 7.19. The number of aromatic amines is 1. The van der Waals surface area contributed by atoms with E-state index in [-0.39, 0.29) is 5.91 Å². The van der Waals surface area contributed by atoms with E-state index in [1.165, 1.54) is 11.3 Å². The number of hydrogen-bond acceptors (Lipinski definition) is 6. The van der Waals surface area contributed by atoms with Gasteiger partial charge in [0.05, 0.1) is 16.9 Å². The summed E-state index contributed by atoms with van der Waals surface area (Å²) in [5.74, 6) is 0.759. The summed E-state index contributed by atoms with van der Waals surface area (Å²) in [6, 6.07) is 13.5. The summed E-state index contributed by atoms with van der Waals surface area (Å²) in [6.07, 6.45) is 7.04. The highest BCUT2D eigenvalue weighted by Crippen LogP contribution is 2.28. The van der Waals surface area contributed by atoms with E-state index in [1.54, 1.807) is 18.5 Å². The lowest BCUT2D eigenvalue weighted by Gasteiger charge is -2.09. The molecule has 0 spiro atoms. The quantitative estimate of drug-likeness (QED) is 0.231. The van der Waals surface area contributed by atoms with Crippen LogP contribution in [0.25, 0.3) is 0 Å². The number of nitrogens with zero attached hydrogens (tertiary/aromatic N) is 2. The molecule has 0 atom stereocenters. The Kier molecular flexibility index (Phi) is 7.03. The minimum atomic E-state index is -0.237. The average molecular weight is 467 g/mol. The Morgan fingerprint density at radius 1 is 1.16 bits per heavy atom. The molecule has 0 radical (unpaired) electrons. The minimum Gasteiger partial charge on any atom is -0.385 e. The molecule has 32 heavy (non-hydrogen) atoms. The first kappa shape index (κ1) is 21.9. The molecule has 2 aromatic heterocycles. The molecule has 0 unspecified atom stereocenters. The van der Waals surface area contributed by atoms with Crippen molar-refractivity contribution in [3.63, 3.8) is 0 Å². The number of H-pyrrole nitrogens is 1. The molecule has 4 aromatic rings. The number of carbonyl (C=O) groups excluding carboxylic acids is 1. The van der Waals surface area contributed by atoms with Crippen molar-refractivity contribution in [2.75, 3.05) is 22.5 Å². The molecule has 7 nitrogen and oxygen atoms in total. The number of amides is 1. The first-order valence-corrected chi connectivity index (χ1v) is 11.4. The number of nitrogens with one attached hydrogen (secondary N) is 4. The Labute approximate surface area is 195 Å². The first-order valence-electron chi connectivity index (χ1n) is 10.2. The van der Waals surface area contributed by atoms with Crippen LogP contribution in [0.15, 0.2) is 61.1 Å². The standard InChI is InChI=1S/C23H23ClN6OS/c1-15-5-2-8-18(24)21(15)30-22(31)19-14-28-23(32-19)29-17-7-3-6-16(13-17)25-10-4-9-20-26-11-12-27-20/h2-3,5-8,11-14,25H,4,9-10H2,1H3,(H,26,27)(H,28,29)(H,30,31). The van der Waals surface area contributed by atoms with E-state index < -0.39 is 0 Å². The van der Waals surface area contributed by atoms with Gasteiger partial charge in [-0.3, -0.25) is 4.79 Å². The van der Waals surface area contributed by atoms with E-state index in [9.17, 15) is 4.79 Å². The molecule has 0 aliphatic carbocycles. The maximum atomic E-state index is 12.6. The summed E-state index contributed by atoms with van der Waals surface area (Å²) in [7, 11) is 0. The van der Waals surface area contributed by atoms with Crippen LogP contribution in [0.2, 0.25) is 5.02 Å². The molecule has 1 amide bonds. The molecule has 4 N–H and O–H groups in total. The lowest BCUT2D eigenvalue weighted by Crippen LogP contribution is -2.11. The van der Waals surface area contributed by atoms with E-state index in [4.69, 9.17) is 11.6 Å². The Morgan fingerprint density at radius 2 is 2.00 bits per heavy atom. The van der Waals surface area contributed by atoms with Gasteiger partial charge in [-0.25, -0.2) is 9.97 Å². The molecule has 2 heterocycles. The zero-order chi connectivity index (χ0) is 22.3. The normalized spacial score (nSPS) is 10.7. The average Bonchev–Trinajstić information content (AvgIpc) is 3.46. The Morgan fingerprint density at radius 3 is 2.81 bits per heavy atom. The van der Waals surface area contributed by atoms with Crippen molar-refractivity contribution in [1.29, 1.82) is 0 Å². The van der Waals surface area contributed by atoms with Gasteiger partial charge in [0.2, 0.25) is 0 Å². The lowest BCUT2D eigenvalue weighted by molar-refractivity contribution is 0.103. The fraction of sp³-hybridized carbons (Fsp3) is 0.174. The van der Waals surface area contributed by atoms with Gasteiger partial charge in [0.15, 0.2) is 5.13 Å². The largest absolute Gasteiger partial charge is 0.385 e. The van der Waals surface area contributed by atoms with E-state index in [1.807, 2.05) is 49.5 Å². The van der Waals surface area contributed by atoms with Crippen LogP contribution >= 0.6 is 22.9 Å². The van der Waals surface area contributed by atoms with Gasteiger partial charge in [-0.05, 0) is 43.2 Å². The number of anilines is 4. The van der Waals surface area contributed by atoms with E-state index >= 15 is 0 Å². The number of benzene rings is 2. The fourth-order valence-corrected chi connectivity index (χ4v) is 4.16. The molecule has 0 aliphatic rings. The summed E-state index contributed by atoms with van der Waals surface area (Å²) in [5.41, 5.74) is 3.43. The lowest BCUT2D eigenvalue weighted by atomic mass is 10.2. The number of aryl methyl sites for hydroxylation is 2. The number of hydrogen-bond donors (Lipinski definition) is 4. The summed E-state index contributed by atoms with van der Waals surface area (Å²) in [5, 5.41) is 10.7.